The second kappa shape index (κ2) is 10.4. The SMILES string of the molecule is Cc1cc(NC(=O)CCCCCN2C(=O)c3ccccc3C2=O)nn1Cc1c(Cl)cccc1Cl. The van der Waals surface area contributed by atoms with Gasteiger partial charge in [0.2, 0.25) is 5.91 Å². The Balaban J connectivity index is 1.22. The monoisotopic (exact) mass is 498 g/mol. The van der Waals surface area contributed by atoms with Crippen LogP contribution in [0.3, 0.4) is 0 Å². The summed E-state index contributed by atoms with van der Waals surface area (Å²) >= 11 is 12.5. The van der Waals surface area contributed by atoms with Crippen molar-refractivity contribution in [2.75, 3.05) is 11.9 Å². The van der Waals surface area contributed by atoms with Crippen LogP contribution in [-0.4, -0.2) is 38.9 Å². The Morgan fingerprint density at radius 2 is 1.59 bits per heavy atom. The van der Waals surface area contributed by atoms with Crippen LogP contribution in [0.5, 0.6) is 0 Å². The smallest absolute Gasteiger partial charge is 0.261 e. The minimum atomic E-state index is -0.248. The van der Waals surface area contributed by atoms with Gasteiger partial charge in [-0.2, -0.15) is 5.10 Å². The van der Waals surface area contributed by atoms with Crippen molar-refractivity contribution in [2.24, 2.45) is 0 Å². The summed E-state index contributed by atoms with van der Waals surface area (Å²) in [6.45, 7) is 2.65. The van der Waals surface area contributed by atoms with E-state index in [1.807, 2.05) is 6.92 Å². The molecule has 34 heavy (non-hydrogen) atoms. The fourth-order valence-corrected chi connectivity index (χ4v) is 4.46. The summed E-state index contributed by atoms with van der Waals surface area (Å²) < 4.78 is 1.74. The molecule has 0 saturated heterocycles. The number of nitrogens with one attached hydrogen (secondary N) is 1. The summed E-state index contributed by atoms with van der Waals surface area (Å²) in [6.07, 6.45) is 2.33. The van der Waals surface area contributed by atoms with Crippen molar-refractivity contribution in [1.29, 1.82) is 0 Å². The molecule has 0 radical (unpaired) electrons. The topological polar surface area (TPSA) is 84.3 Å². The maximum absolute atomic E-state index is 12.4. The molecule has 1 aliphatic rings. The predicted molar refractivity (Wildman–Crippen MR) is 131 cm³/mol. The third kappa shape index (κ3) is 5.16. The summed E-state index contributed by atoms with van der Waals surface area (Å²) in [4.78, 5) is 38.4. The van der Waals surface area contributed by atoms with Gasteiger partial charge in [-0.05, 0) is 44.0 Å². The number of halogens is 2. The van der Waals surface area contributed by atoms with Gasteiger partial charge in [0.25, 0.3) is 11.8 Å². The van der Waals surface area contributed by atoms with E-state index >= 15 is 0 Å². The molecule has 0 saturated carbocycles. The fraction of sp³-hybridized carbons (Fsp3) is 0.280. The zero-order valence-electron chi connectivity index (χ0n) is 18.7. The zero-order valence-corrected chi connectivity index (χ0v) is 20.2. The number of anilines is 1. The number of aromatic nitrogens is 2. The van der Waals surface area contributed by atoms with E-state index in [0.717, 1.165) is 17.7 Å². The molecular weight excluding hydrogens is 475 g/mol. The van der Waals surface area contributed by atoms with E-state index in [9.17, 15) is 14.4 Å². The number of carbonyl (C=O) groups excluding carboxylic acids is 3. The van der Waals surface area contributed by atoms with Crippen LogP contribution in [0, 0.1) is 6.92 Å². The molecular formula is C25H24Cl2N4O3. The molecule has 1 aromatic heterocycles. The van der Waals surface area contributed by atoms with Gasteiger partial charge >= 0.3 is 0 Å². The second-order valence-electron chi connectivity index (χ2n) is 8.20. The first-order chi connectivity index (χ1) is 16.3. The fourth-order valence-electron chi connectivity index (χ4n) is 3.94. The Bertz CT molecular complexity index is 1200. The van der Waals surface area contributed by atoms with E-state index in [4.69, 9.17) is 23.2 Å². The highest BCUT2D eigenvalue weighted by Crippen LogP contribution is 2.26. The number of fused-ring (bicyclic) bond motifs is 1. The summed E-state index contributed by atoms with van der Waals surface area (Å²) in [5.41, 5.74) is 2.55. The van der Waals surface area contributed by atoms with Crippen LogP contribution in [0.2, 0.25) is 10.0 Å². The first-order valence-corrected chi connectivity index (χ1v) is 11.8. The number of amides is 3. The van der Waals surface area contributed by atoms with Crippen molar-refractivity contribution in [3.05, 3.63) is 81.0 Å². The number of nitrogens with zero attached hydrogens (tertiary/aromatic N) is 3. The summed E-state index contributed by atoms with van der Waals surface area (Å²) in [5.74, 6) is -0.164. The van der Waals surface area contributed by atoms with Crippen molar-refractivity contribution >= 4 is 46.7 Å². The molecule has 3 aromatic rings. The average molecular weight is 499 g/mol. The maximum atomic E-state index is 12.4. The number of carbonyl (C=O) groups is 3. The molecule has 7 nitrogen and oxygen atoms in total. The summed E-state index contributed by atoms with van der Waals surface area (Å²) in [6, 6.07) is 14.0. The molecule has 2 aromatic carbocycles. The molecule has 0 fully saturated rings. The summed E-state index contributed by atoms with van der Waals surface area (Å²) in [7, 11) is 0. The lowest BCUT2D eigenvalue weighted by Gasteiger charge is -2.13. The Morgan fingerprint density at radius 3 is 2.24 bits per heavy atom. The normalized spacial score (nSPS) is 12.9. The molecule has 0 spiro atoms. The first kappa shape index (κ1) is 24.0. The number of rotatable bonds is 9. The number of benzene rings is 2. The van der Waals surface area contributed by atoms with E-state index in [1.54, 1.807) is 53.2 Å². The van der Waals surface area contributed by atoms with Gasteiger partial charge in [0, 0.05) is 40.3 Å². The number of hydrogen-bond acceptors (Lipinski definition) is 4. The van der Waals surface area contributed by atoms with E-state index < -0.39 is 0 Å². The number of unbranched alkanes of at least 4 members (excludes halogenated alkanes) is 2. The van der Waals surface area contributed by atoms with E-state index in [0.29, 0.717) is 59.3 Å². The van der Waals surface area contributed by atoms with Gasteiger partial charge in [0.1, 0.15) is 0 Å². The van der Waals surface area contributed by atoms with Crippen LogP contribution < -0.4 is 5.32 Å². The van der Waals surface area contributed by atoms with Gasteiger partial charge in [-0.1, -0.05) is 47.8 Å². The molecule has 4 rings (SSSR count). The zero-order chi connectivity index (χ0) is 24.2. The van der Waals surface area contributed by atoms with E-state index in [-0.39, 0.29) is 17.7 Å². The molecule has 0 atom stereocenters. The molecule has 2 heterocycles. The minimum Gasteiger partial charge on any atom is -0.309 e. The van der Waals surface area contributed by atoms with Crippen LogP contribution >= 0.6 is 23.2 Å². The van der Waals surface area contributed by atoms with Crippen LogP contribution in [0.4, 0.5) is 5.82 Å². The molecule has 0 bridgehead atoms. The van der Waals surface area contributed by atoms with Gasteiger partial charge in [-0.15, -0.1) is 0 Å². The quantitative estimate of drug-likeness (QED) is 0.318. The molecule has 9 heteroatoms. The highest BCUT2D eigenvalue weighted by Gasteiger charge is 2.34. The number of aryl methyl sites for hydroxylation is 1. The van der Waals surface area contributed by atoms with Crippen molar-refractivity contribution < 1.29 is 14.4 Å². The Morgan fingerprint density at radius 1 is 0.941 bits per heavy atom. The van der Waals surface area contributed by atoms with Crippen LogP contribution in [0.1, 0.15) is 57.7 Å². The van der Waals surface area contributed by atoms with Gasteiger partial charge in [0.05, 0.1) is 17.7 Å². The molecule has 1 aliphatic heterocycles. The number of imide groups is 1. The van der Waals surface area contributed by atoms with Gasteiger partial charge < -0.3 is 5.32 Å². The lowest BCUT2D eigenvalue weighted by atomic mass is 10.1. The first-order valence-electron chi connectivity index (χ1n) is 11.1. The van der Waals surface area contributed by atoms with E-state index in [1.165, 1.54) is 4.90 Å². The molecule has 3 amide bonds. The van der Waals surface area contributed by atoms with Crippen molar-refractivity contribution in [2.45, 2.75) is 39.2 Å². The van der Waals surface area contributed by atoms with Crippen LogP contribution in [-0.2, 0) is 11.3 Å². The minimum absolute atomic E-state index is 0.138. The molecule has 0 unspecified atom stereocenters. The van der Waals surface area contributed by atoms with Crippen LogP contribution in [0.15, 0.2) is 48.5 Å². The van der Waals surface area contributed by atoms with Crippen molar-refractivity contribution in [3.63, 3.8) is 0 Å². The standard InChI is InChI=1S/C25H24Cl2N4O3/c1-16-14-22(29-31(16)15-19-20(26)10-7-11-21(19)27)28-23(32)12-3-2-6-13-30-24(33)17-8-4-5-9-18(17)25(30)34/h4-5,7-11,14H,2-3,6,12-13,15H2,1H3,(H,28,29,32). The number of hydrogen-bond donors (Lipinski definition) is 1. The maximum Gasteiger partial charge on any atom is 0.261 e. The molecule has 176 valence electrons. The molecule has 1 N–H and O–H groups in total. The lowest BCUT2D eigenvalue weighted by molar-refractivity contribution is -0.116. The predicted octanol–water partition coefficient (Wildman–Crippen LogP) is 5.34. The van der Waals surface area contributed by atoms with Crippen molar-refractivity contribution in [1.82, 2.24) is 14.7 Å². The van der Waals surface area contributed by atoms with Crippen molar-refractivity contribution in [3.8, 4) is 0 Å². The van der Waals surface area contributed by atoms with E-state index in [2.05, 4.69) is 10.4 Å². The Hall–Kier alpha value is -3.16. The van der Waals surface area contributed by atoms with Gasteiger partial charge in [0.15, 0.2) is 5.82 Å². The van der Waals surface area contributed by atoms with Crippen LogP contribution in [0.25, 0.3) is 0 Å². The molecule has 0 aliphatic carbocycles. The highest BCUT2D eigenvalue weighted by molar-refractivity contribution is 6.36. The summed E-state index contributed by atoms with van der Waals surface area (Å²) in [5, 5.41) is 8.39. The largest absolute Gasteiger partial charge is 0.309 e. The third-order valence-corrected chi connectivity index (χ3v) is 6.49. The highest BCUT2D eigenvalue weighted by atomic mass is 35.5. The lowest BCUT2D eigenvalue weighted by Crippen LogP contribution is -2.30. The Labute approximate surface area is 207 Å². The Kier molecular flexibility index (Phi) is 7.34. The van der Waals surface area contributed by atoms with Gasteiger partial charge in [-0.3, -0.25) is 24.0 Å². The third-order valence-electron chi connectivity index (χ3n) is 5.78. The second-order valence-corrected chi connectivity index (χ2v) is 9.01. The van der Waals surface area contributed by atoms with Gasteiger partial charge in [-0.25, -0.2) is 0 Å². The average Bonchev–Trinajstić information content (AvgIpc) is 3.27.